The van der Waals surface area contributed by atoms with Crippen molar-refractivity contribution in [2.75, 3.05) is 6.61 Å². The molecule has 2 nitrogen and oxygen atoms in total. The molecule has 2 rings (SSSR count). The van der Waals surface area contributed by atoms with Gasteiger partial charge in [-0.25, -0.2) is 6.08 Å². The summed E-state index contributed by atoms with van der Waals surface area (Å²) in [6.45, 7) is 2.56. The van der Waals surface area contributed by atoms with Gasteiger partial charge in [-0.2, -0.15) is 18.7 Å². The van der Waals surface area contributed by atoms with E-state index in [0.717, 1.165) is 29.8 Å². The van der Waals surface area contributed by atoms with E-state index in [9.17, 15) is 13.2 Å². The number of benzene rings is 1. The van der Waals surface area contributed by atoms with Crippen molar-refractivity contribution >= 4 is 5.70 Å². The summed E-state index contributed by atoms with van der Waals surface area (Å²) in [6, 6.07) is 6.41. The Hall–Kier alpha value is -0.806. The van der Waals surface area contributed by atoms with Crippen LogP contribution in [0.4, 0.5) is 13.2 Å². The molecule has 0 unspecified atom stereocenters. The van der Waals surface area contributed by atoms with Crippen LogP contribution in [0.2, 0.25) is 0 Å². The van der Waals surface area contributed by atoms with Crippen LogP contribution in [0.25, 0.3) is 5.70 Å². The molecule has 105 valence electrons. The Labute approximate surface area is 141 Å². The Morgan fingerprint density at radius 1 is 1.25 bits per heavy atom. The second-order valence-electron chi connectivity index (χ2n) is 4.21. The fourth-order valence-electron chi connectivity index (χ4n) is 1.68. The summed E-state index contributed by atoms with van der Waals surface area (Å²) in [5, 5.41) is 3.10. The third-order valence-electron chi connectivity index (χ3n) is 2.58. The number of hydrogen-bond donors (Lipinski definition) is 1. The number of rotatable bonds is 3. The second-order valence-corrected chi connectivity index (χ2v) is 4.21. The largest absolute Gasteiger partial charge is 0.484 e. The van der Waals surface area contributed by atoms with Crippen molar-refractivity contribution in [2.24, 2.45) is 0 Å². The summed E-state index contributed by atoms with van der Waals surface area (Å²) in [6.07, 6.45) is 0.472. The Balaban J connectivity index is 0.00000200. The number of allylic oxidation sites excluding steroid dienone is 2. The zero-order valence-electron chi connectivity index (χ0n) is 10.8. The topological polar surface area (TPSA) is 21.3 Å². The van der Waals surface area contributed by atoms with Crippen molar-refractivity contribution in [3.63, 3.8) is 0 Å². The van der Waals surface area contributed by atoms with Gasteiger partial charge in [0.2, 0.25) is 0 Å². The van der Waals surface area contributed by atoms with Gasteiger partial charge in [-0.1, -0.05) is 6.58 Å². The first-order valence-corrected chi connectivity index (χ1v) is 5.80. The zero-order valence-corrected chi connectivity index (χ0v) is 13.6. The Morgan fingerprint density at radius 2 is 1.90 bits per heavy atom. The van der Waals surface area contributed by atoms with Crippen LogP contribution in [-0.2, 0) is 32.7 Å². The van der Waals surface area contributed by atoms with E-state index >= 15 is 0 Å². The second kappa shape index (κ2) is 7.27. The van der Waals surface area contributed by atoms with Gasteiger partial charge in [-0.3, -0.25) is 0 Å². The molecule has 0 aromatic heterocycles. The minimum Gasteiger partial charge on any atom is -0.484 e. The zero-order chi connectivity index (χ0) is 13.9. The van der Waals surface area contributed by atoms with Gasteiger partial charge in [0.1, 0.15) is 5.75 Å². The minimum absolute atomic E-state index is 0. The number of nitrogens with one attached hydrogen (secondary N) is 1. The predicted molar refractivity (Wildman–Crippen MR) is 66.2 cm³/mol. The van der Waals surface area contributed by atoms with E-state index < -0.39 is 12.8 Å². The summed E-state index contributed by atoms with van der Waals surface area (Å²) in [5.74, 6) is 0.191. The van der Waals surface area contributed by atoms with Gasteiger partial charge < -0.3 is 10.1 Å². The van der Waals surface area contributed by atoms with Crippen molar-refractivity contribution < 1.29 is 50.6 Å². The smallest absolute Gasteiger partial charge is 0.422 e. The normalized spacial score (nSPS) is 14.9. The third-order valence-corrected chi connectivity index (χ3v) is 2.58. The fourth-order valence-corrected chi connectivity index (χ4v) is 1.68. The monoisotopic (exact) mass is 357 g/mol. The van der Waals surface area contributed by atoms with E-state index in [1.165, 1.54) is 12.1 Å². The van der Waals surface area contributed by atoms with Gasteiger partial charge in [0.15, 0.2) is 6.61 Å². The Morgan fingerprint density at radius 3 is 2.45 bits per heavy atom. The molecule has 1 aromatic rings. The molecule has 1 radical (unpaired) electrons. The van der Waals surface area contributed by atoms with Crippen LogP contribution in [0.3, 0.4) is 0 Å². The fraction of sp³-hybridized carbons (Fsp3) is 0.286. The summed E-state index contributed by atoms with van der Waals surface area (Å²) in [4.78, 5) is 0. The van der Waals surface area contributed by atoms with Gasteiger partial charge in [-0.15, -0.1) is 24.3 Å². The molecule has 0 saturated carbocycles. The van der Waals surface area contributed by atoms with Crippen LogP contribution < -0.4 is 10.1 Å². The number of hydrogen-bond acceptors (Lipinski definition) is 2. The molecule has 0 bridgehead atoms. The molecule has 6 heteroatoms. The van der Waals surface area contributed by atoms with Gasteiger partial charge in [0.05, 0.1) is 0 Å². The molecule has 0 atom stereocenters. The SMILES string of the molecule is C=C1CC[C-]=C(c2ccc(OCC(F)(F)F)cc2)N1.[Y]. The molecule has 20 heavy (non-hydrogen) atoms. The van der Waals surface area contributed by atoms with E-state index in [2.05, 4.69) is 22.7 Å². The first-order valence-electron chi connectivity index (χ1n) is 5.80. The molecule has 1 aliphatic rings. The molecule has 1 heterocycles. The first kappa shape index (κ1) is 17.2. The molecule has 0 amide bonds. The number of halogens is 3. The number of ether oxygens (including phenoxy) is 1. The summed E-state index contributed by atoms with van der Waals surface area (Å²) in [7, 11) is 0. The molecule has 1 aliphatic heterocycles. The average molecular weight is 357 g/mol. The standard InChI is InChI=1S/C14H13F3NO.Y/c1-10-3-2-4-13(18-10)11-5-7-12(8-6-11)19-9-14(15,16)17;/h5-8,18H,1-3,9H2;/q-1;. The van der Waals surface area contributed by atoms with E-state index in [0.29, 0.717) is 0 Å². The summed E-state index contributed by atoms with van der Waals surface area (Å²) < 4.78 is 40.6. The van der Waals surface area contributed by atoms with Gasteiger partial charge in [0, 0.05) is 38.4 Å². The van der Waals surface area contributed by atoms with Crippen molar-refractivity contribution in [3.05, 3.63) is 48.2 Å². The molecular weight excluding hydrogens is 344 g/mol. The Bertz CT molecular complexity index is 494. The van der Waals surface area contributed by atoms with Crippen molar-refractivity contribution in [2.45, 2.75) is 19.0 Å². The maximum atomic E-state index is 12.0. The first-order chi connectivity index (χ1) is 8.94. The van der Waals surface area contributed by atoms with E-state index in [-0.39, 0.29) is 38.5 Å². The summed E-state index contributed by atoms with van der Waals surface area (Å²) >= 11 is 0. The Kier molecular flexibility index (Phi) is 6.27. The minimum atomic E-state index is -4.32. The van der Waals surface area contributed by atoms with Crippen LogP contribution in [0.1, 0.15) is 18.4 Å². The third kappa shape index (κ3) is 5.29. The van der Waals surface area contributed by atoms with E-state index in [1.807, 2.05) is 0 Å². The van der Waals surface area contributed by atoms with Crippen molar-refractivity contribution in [1.82, 2.24) is 5.32 Å². The maximum Gasteiger partial charge on any atom is 0.422 e. The van der Waals surface area contributed by atoms with Gasteiger partial charge >= 0.3 is 6.18 Å². The molecule has 1 aromatic carbocycles. The van der Waals surface area contributed by atoms with Crippen LogP contribution in [-0.4, -0.2) is 12.8 Å². The molecule has 0 fully saturated rings. The van der Waals surface area contributed by atoms with E-state index in [4.69, 9.17) is 0 Å². The molecule has 0 aliphatic carbocycles. The number of alkyl halides is 3. The van der Waals surface area contributed by atoms with Crippen LogP contribution in [0.15, 0.2) is 36.5 Å². The van der Waals surface area contributed by atoms with Gasteiger partial charge in [-0.05, 0) is 18.6 Å². The summed E-state index contributed by atoms with van der Waals surface area (Å²) in [5.41, 5.74) is 2.56. The van der Waals surface area contributed by atoms with Crippen molar-refractivity contribution in [3.8, 4) is 5.75 Å². The van der Waals surface area contributed by atoms with Crippen LogP contribution in [0, 0.1) is 6.08 Å². The molecular formula is C14H13F3NOY-. The quantitative estimate of drug-likeness (QED) is 0.834. The van der Waals surface area contributed by atoms with Crippen molar-refractivity contribution in [1.29, 1.82) is 0 Å². The predicted octanol–water partition coefficient (Wildman–Crippen LogP) is 3.67. The average Bonchev–Trinajstić information content (AvgIpc) is 2.36. The molecule has 0 saturated heterocycles. The maximum absolute atomic E-state index is 12.0. The molecule has 1 N–H and O–H groups in total. The van der Waals surface area contributed by atoms with Gasteiger partial charge in [0.25, 0.3) is 0 Å². The van der Waals surface area contributed by atoms with Crippen LogP contribution >= 0.6 is 0 Å². The molecule has 0 spiro atoms. The van der Waals surface area contributed by atoms with Crippen LogP contribution in [0.5, 0.6) is 5.75 Å². The van der Waals surface area contributed by atoms with E-state index in [1.54, 1.807) is 12.1 Å².